The largest absolute Gasteiger partial charge is 0.586 e. The van der Waals surface area contributed by atoms with E-state index in [0.717, 1.165) is 17.5 Å². The lowest BCUT2D eigenvalue weighted by Crippen LogP contribution is -2.37. The number of amides is 2. The molecule has 14 heteroatoms. The first-order valence-corrected chi connectivity index (χ1v) is 12.8. The molecule has 40 heavy (non-hydrogen) atoms. The Balaban J connectivity index is 1.34. The normalized spacial score (nSPS) is 15.3. The van der Waals surface area contributed by atoms with Crippen LogP contribution in [0, 0.1) is 0 Å². The third-order valence-corrected chi connectivity index (χ3v) is 6.86. The van der Waals surface area contributed by atoms with Crippen LogP contribution in [0.5, 0.6) is 11.5 Å². The number of rotatable bonds is 7. The van der Waals surface area contributed by atoms with Gasteiger partial charge in [-0.05, 0) is 44.0 Å². The van der Waals surface area contributed by atoms with Gasteiger partial charge in [0.05, 0.1) is 16.9 Å². The van der Waals surface area contributed by atoms with E-state index in [1.165, 1.54) is 29.4 Å². The number of halogens is 3. The van der Waals surface area contributed by atoms with Crippen molar-refractivity contribution in [3.8, 4) is 22.8 Å². The van der Waals surface area contributed by atoms with Crippen molar-refractivity contribution in [1.29, 1.82) is 0 Å². The Kier molecular flexibility index (Phi) is 6.17. The highest BCUT2D eigenvalue weighted by atomic mass is 35.5. The molecule has 1 aliphatic carbocycles. The molecule has 0 saturated heterocycles. The number of nitrogens with one attached hydrogen (secondary N) is 2. The summed E-state index contributed by atoms with van der Waals surface area (Å²) in [6, 6.07) is 8.86. The second-order valence-electron chi connectivity index (χ2n) is 9.32. The summed E-state index contributed by atoms with van der Waals surface area (Å²) < 4.78 is 36.8. The molecule has 2 amide bonds. The number of H-pyrrole nitrogens is 1. The van der Waals surface area contributed by atoms with Crippen LogP contribution in [-0.4, -0.2) is 50.4 Å². The number of anilines is 1. The first-order valence-electron chi connectivity index (χ1n) is 12.4. The van der Waals surface area contributed by atoms with Crippen LogP contribution in [0.25, 0.3) is 22.3 Å². The summed E-state index contributed by atoms with van der Waals surface area (Å²) in [5.74, 6) is -1.23. The molecular formula is C26H21ClF2N6O5. The number of nitrogens with zero attached hydrogens (tertiary/aromatic N) is 4. The molecule has 6 rings (SSSR count). The zero-order valence-corrected chi connectivity index (χ0v) is 21.7. The Morgan fingerprint density at radius 3 is 2.73 bits per heavy atom. The highest BCUT2D eigenvalue weighted by Gasteiger charge is 2.43. The number of imidazole rings is 1. The quantitative estimate of drug-likeness (QED) is 0.346. The smallest absolute Gasteiger partial charge is 0.395 e. The van der Waals surface area contributed by atoms with Crippen molar-refractivity contribution < 1.29 is 27.8 Å². The van der Waals surface area contributed by atoms with E-state index in [1.807, 2.05) is 0 Å². The SMILES string of the molecule is CCN(C(=O)Cn1nc(-c2ccc(Cl)c(C(=O)NC3CC3)c2)c2nc[nH]c2c1=O)c1ccc2c(c1)OC(F)(F)O2. The van der Waals surface area contributed by atoms with Crippen LogP contribution in [0.1, 0.15) is 30.1 Å². The lowest BCUT2D eigenvalue weighted by molar-refractivity contribution is -0.286. The molecule has 2 aliphatic rings. The van der Waals surface area contributed by atoms with Gasteiger partial charge in [-0.1, -0.05) is 17.7 Å². The van der Waals surface area contributed by atoms with Crippen LogP contribution in [0.2, 0.25) is 5.02 Å². The molecule has 2 aromatic carbocycles. The lowest BCUT2D eigenvalue weighted by Gasteiger charge is -2.21. The molecule has 4 aromatic rings. The van der Waals surface area contributed by atoms with Crippen molar-refractivity contribution >= 4 is 40.1 Å². The summed E-state index contributed by atoms with van der Waals surface area (Å²) in [6.45, 7) is 1.39. The van der Waals surface area contributed by atoms with E-state index < -0.39 is 24.3 Å². The van der Waals surface area contributed by atoms with Crippen molar-refractivity contribution in [3.05, 3.63) is 63.7 Å². The Morgan fingerprint density at radius 1 is 1.20 bits per heavy atom. The van der Waals surface area contributed by atoms with Gasteiger partial charge >= 0.3 is 6.29 Å². The van der Waals surface area contributed by atoms with E-state index in [0.29, 0.717) is 5.56 Å². The zero-order chi connectivity index (χ0) is 28.2. The van der Waals surface area contributed by atoms with Gasteiger partial charge in [-0.3, -0.25) is 14.4 Å². The van der Waals surface area contributed by atoms with Crippen molar-refractivity contribution in [2.24, 2.45) is 0 Å². The maximum absolute atomic E-state index is 13.5. The minimum Gasteiger partial charge on any atom is -0.395 e. The molecular weight excluding hydrogens is 550 g/mol. The molecule has 1 aliphatic heterocycles. The molecule has 0 bridgehead atoms. The molecule has 0 atom stereocenters. The Labute approximate surface area is 229 Å². The van der Waals surface area contributed by atoms with Crippen molar-refractivity contribution in [2.45, 2.75) is 38.6 Å². The molecule has 2 N–H and O–H groups in total. The number of carbonyl (C=O) groups is 2. The van der Waals surface area contributed by atoms with Gasteiger partial charge in [-0.15, -0.1) is 8.78 Å². The number of ether oxygens (including phenoxy) is 2. The monoisotopic (exact) mass is 570 g/mol. The maximum atomic E-state index is 13.5. The number of carbonyl (C=O) groups excluding carboxylic acids is 2. The minimum absolute atomic E-state index is 0.116. The van der Waals surface area contributed by atoms with Gasteiger partial charge < -0.3 is 24.7 Å². The van der Waals surface area contributed by atoms with E-state index in [9.17, 15) is 23.2 Å². The summed E-state index contributed by atoms with van der Waals surface area (Å²) in [6.07, 6.45) is -0.647. The summed E-state index contributed by atoms with van der Waals surface area (Å²) in [7, 11) is 0. The number of likely N-dealkylation sites (N-methyl/N-ethyl adjacent to an activating group) is 1. The molecule has 11 nitrogen and oxygen atoms in total. The summed E-state index contributed by atoms with van der Waals surface area (Å²) >= 11 is 6.30. The fourth-order valence-corrected chi connectivity index (χ4v) is 4.64. The first-order chi connectivity index (χ1) is 19.1. The van der Waals surface area contributed by atoms with E-state index in [-0.39, 0.29) is 63.0 Å². The molecule has 3 heterocycles. The van der Waals surface area contributed by atoms with E-state index in [4.69, 9.17) is 11.6 Å². The standard InChI is InChI=1S/C26H21ClF2N6O5/c1-2-34(15-6-8-18-19(10-15)40-26(28,29)39-18)20(36)11-35-25(38)23-22(30-12-31-23)21(33-35)13-3-7-17(27)16(9-13)24(37)32-14-4-5-14/h3,6-10,12,14H,2,4-5,11H2,1H3,(H,30,31)(H,32,37). The minimum atomic E-state index is -3.80. The number of aromatic amines is 1. The molecule has 2 aromatic heterocycles. The number of hydrogen-bond donors (Lipinski definition) is 2. The van der Waals surface area contributed by atoms with Gasteiger partial charge in [0, 0.05) is 29.9 Å². The highest BCUT2D eigenvalue weighted by Crippen LogP contribution is 2.43. The van der Waals surface area contributed by atoms with Crippen LogP contribution in [0.4, 0.5) is 14.5 Å². The third kappa shape index (κ3) is 4.72. The predicted octanol–water partition coefficient (Wildman–Crippen LogP) is 3.71. The van der Waals surface area contributed by atoms with Crippen molar-refractivity contribution in [1.82, 2.24) is 25.1 Å². The van der Waals surface area contributed by atoms with Crippen LogP contribution >= 0.6 is 11.6 Å². The summed E-state index contributed by atoms with van der Waals surface area (Å²) in [5.41, 5.74) is 1.02. The van der Waals surface area contributed by atoms with E-state index >= 15 is 0 Å². The number of fused-ring (bicyclic) bond motifs is 2. The highest BCUT2D eigenvalue weighted by molar-refractivity contribution is 6.34. The topological polar surface area (TPSA) is 131 Å². The van der Waals surface area contributed by atoms with Gasteiger partial charge in [0.25, 0.3) is 11.5 Å². The second kappa shape index (κ2) is 9.59. The molecule has 1 fully saturated rings. The summed E-state index contributed by atoms with van der Waals surface area (Å²) in [4.78, 5) is 47.6. The number of hydrogen-bond acceptors (Lipinski definition) is 7. The first kappa shape index (κ1) is 25.7. The zero-order valence-electron chi connectivity index (χ0n) is 20.9. The van der Waals surface area contributed by atoms with Crippen LogP contribution in [0.3, 0.4) is 0 Å². The van der Waals surface area contributed by atoms with Gasteiger partial charge in [-0.25, -0.2) is 9.67 Å². The summed E-state index contributed by atoms with van der Waals surface area (Å²) in [5, 5.41) is 7.58. The lowest BCUT2D eigenvalue weighted by atomic mass is 10.1. The fraction of sp³-hybridized carbons (Fsp3) is 0.269. The predicted molar refractivity (Wildman–Crippen MR) is 140 cm³/mol. The van der Waals surface area contributed by atoms with E-state index in [2.05, 4.69) is 29.9 Å². The molecule has 1 saturated carbocycles. The molecule has 0 radical (unpaired) electrons. The maximum Gasteiger partial charge on any atom is 0.586 e. The third-order valence-electron chi connectivity index (χ3n) is 6.53. The molecule has 0 spiro atoms. The van der Waals surface area contributed by atoms with Crippen molar-refractivity contribution in [3.63, 3.8) is 0 Å². The van der Waals surface area contributed by atoms with Crippen molar-refractivity contribution in [2.75, 3.05) is 11.4 Å². The van der Waals surface area contributed by atoms with Crippen LogP contribution < -0.4 is 25.2 Å². The number of alkyl halides is 2. The van der Waals surface area contributed by atoms with Gasteiger partial charge in [0.15, 0.2) is 11.5 Å². The van der Waals surface area contributed by atoms with Crippen LogP contribution in [-0.2, 0) is 11.3 Å². The fourth-order valence-electron chi connectivity index (χ4n) is 4.44. The van der Waals surface area contributed by atoms with E-state index in [1.54, 1.807) is 25.1 Å². The van der Waals surface area contributed by atoms with Crippen LogP contribution in [0.15, 0.2) is 47.5 Å². The van der Waals surface area contributed by atoms with Gasteiger partial charge in [0.2, 0.25) is 5.91 Å². The van der Waals surface area contributed by atoms with Gasteiger partial charge in [-0.2, -0.15) is 5.10 Å². The van der Waals surface area contributed by atoms with Gasteiger partial charge in [0.1, 0.15) is 23.3 Å². The molecule has 0 unspecified atom stereocenters. The Morgan fingerprint density at radius 2 is 1.98 bits per heavy atom. The Bertz CT molecular complexity index is 1730. The molecule has 206 valence electrons. The number of aromatic nitrogens is 4. The second-order valence-corrected chi connectivity index (χ2v) is 9.72. The number of benzene rings is 2. The average Bonchev–Trinajstić information content (AvgIpc) is 3.47. The Hall–Kier alpha value is -4.52. The average molecular weight is 571 g/mol.